The van der Waals surface area contributed by atoms with Gasteiger partial charge in [0.2, 0.25) is 0 Å². The lowest BCUT2D eigenvalue weighted by molar-refractivity contribution is 0.102. The van der Waals surface area contributed by atoms with Gasteiger partial charge in [0.1, 0.15) is 0 Å². The van der Waals surface area contributed by atoms with Crippen LogP contribution in [0, 0.1) is 0 Å². The topological polar surface area (TPSA) is 68.0 Å². The number of nitrogens with one attached hydrogen (secondary N) is 1. The Morgan fingerprint density at radius 2 is 2.22 bits per heavy atom. The summed E-state index contributed by atoms with van der Waals surface area (Å²) in [4.78, 5) is 16.2. The number of nitrogens with zero attached hydrogens (tertiary/aromatic N) is 1. The van der Waals surface area contributed by atoms with Crippen molar-refractivity contribution in [1.82, 2.24) is 4.98 Å². The van der Waals surface area contributed by atoms with Crippen LogP contribution in [-0.4, -0.2) is 17.4 Å². The summed E-state index contributed by atoms with van der Waals surface area (Å²) in [6, 6.07) is 7.46. The van der Waals surface area contributed by atoms with E-state index in [4.69, 9.17) is 5.73 Å². The minimum absolute atomic E-state index is 0.152. The maximum Gasteiger partial charge on any atom is 0.257 e. The molecule has 0 unspecified atom stereocenters. The zero-order chi connectivity index (χ0) is 13.0. The van der Waals surface area contributed by atoms with Crippen molar-refractivity contribution in [2.75, 3.05) is 11.9 Å². The fourth-order valence-corrected chi connectivity index (χ4v) is 2.69. The SMILES string of the molecule is NCCc1ccccc1C(=O)Nc1ncc(Br)s1. The van der Waals surface area contributed by atoms with Crippen molar-refractivity contribution in [1.29, 1.82) is 0 Å². The van der Waals surface area contributed by atoms with Gasteiger partial charge in [0, 0.05) is 5.56 Å². The number of benzene rings is 1. The highest BCUT2D eigenvalue weighted by atomic mass is 79.9. The zero-order valence-corrected chi connectivity index (χ0v) is 11.9. The normalized spacial score (nSPS) is 10.3. The second-order valence-corrected chi connectivity index (χ2v) is 6.03. The zero-order valence-electron chi connectivity index (χ0n) is 9.52. The second kappa shape index (κ2) is 6.08. The number of hydrogen-bond donors (Lipinski definition) is 2. The number of thiazole rings is 1. The Morgan fingerprint density at radius 1 is 1.44 bits per heavy atom. The van der Waals surface area contributed by atoms with E-state index in [1.54, 1.807) is 12.3 Å². The van der Waals surface area contributed by atoms with Crippen molar-refractivity contribution in [3.63, 3.8) is 0 Å². The van der Waals surface area contributed by atoms with E-state index < -0.39 is 0 Å². The van der Waals surface area contributed by atoms with Crippen LogP contribution in [0.2, 0.25) is 0 Å². The van der Waals surface area contributed by atoms with E-state index in [9.17, 15) is 4.79 Å². The van der Waals surface area contributed by atoms with Crippen LogP contribution in [0.15, 0.2) is 34.2 Å². The van der Waals surface area contributed by atoms with E-state index in [1.807, 2.05) is 18.2 Å². The Hall–Kier alpha value is -1.24. The van der Waals surface area contributed by atoms with Crippen molar-refractivity contribution in [3.8, 4) is 0 Å². The molecule has 4 nitrogen and oxygen atoms in total. The molecule has 18 heavy (non-hydrogen) atoms. The number of hydrogen-bond acceptors (Lipinski definition) is 4. The number of nitrogens with two attached hydrogens (primary N) is 1. The molecule has 0 aliphatic rings. The van der Waals surface area contributed by atoms with E-state index in [0.29, 0.717) is 23.7 Å². The minimum Gasteiger partial charge on any atom is -0.330 e. The quantitative estimate of drug-likeness (QED) is 0.908. The first kappa shape index (κ1) is 13.2. The van der Waals surface area contributed by atoms with E-state index in [1.165, 1.54) is 11.3 Å². The molecule has 6 heteroatoms. The molecule has 0 bridgehead atoms. The highest BCUT2D eigenvalue weighted by Crippen LogP contribution is 2.23. The smallest absolute Gasteiger partial charge is 0.257 e. The van der Waals surface area contributed by atoms with Crippen LogP contribution in [0.4, 0.5) is 5.13 Å². The minimum atomic E-state index is -0.152. The number of halogens is 1. The summed E-state index contributed by atoms with van der Waals surface area (Å²) in [6.45, 7) is 0.521. The number of amides is 1. The Balaban J connectivity index is 2.18. The molecule has 2 rings (SSSR count). The third kappa shape index (κ3) is 3.16. The lowest BCUT2D eigenvalue weighted by Crippen LogP contribution is -2.15. The van der Waals surface area contributed by atoms with Crippen LogP contribution in [-0.2, 0) is 6.42 Å². The average molecular weight is 326 g/mol. The van der Waals surface area contributed by atoms with Crippen molar-refractivity contribution in [3.05, 3.63) is 45.4 Å². The van der Waals surface area contributed by atoms with Gasteiger partial charge in [-0.3, -0.25) is 10.1 Å². The van der Waals surface area contributed by atoms with Gasteiger partial charge in [-0.1, -0.05) is 29.5 Å². The first-order chi connectivity index (χ1) is 8.70. The number of carbonyl (C=O) groups is 1. The third-order valence-corrected chi connectivity index (χ3v) is 3.77. The summed E-state index contributed by atoms with van der Waals surface area (Å²) < 4.78 is 0.882. The molecule has 1 amide bonds. The van der Waals surface area contributed by atoms with Gasteiger partial charge in [-0.2, -0.15) is 0 Å². The van der Waals surface area contributed by atoms with Crippen LogP contribution in [0.3, 0.4) is 0 Å². The van der Waals surface area contributed by atoms with Crippen LogP contribution in [0.25, 0.3) is 0 Å². The molecule has 0 fully saturated rings. The van der Waals surface area contributed by atoms with Gasteiger partial charge in [-0.05, 0) is 40.5 Å². The van der Waals surface area contributed by atoms with E-state index in [-0.39, 0.29) is 5.91 Å². The predicted octanol–water partition coefficient (Wildman–Crippen LogP) is 2.66. The molecule has 3 N–H and O–H groups in total. The fraction of sp³-hybridized carbons (Fsp3) is 0.167. The molecule has 1 aromatic carbocycles. The first-order valence-electron chi connectivity index (χ1n) is 5.41. The molecule has 0 aliphatic carbocycles. The van der Waals surface area contributed by atoms with E-state index in [0.717, 1.165) is 9.35 Å². The molecule has 0 spiro atoms. The van der Waals surface area contributed by atoms with Crippen molar-refractivity contribution in [2.45, 2.75) is 6.42 Å². The van der Waals surface area contributed by atoms with Crippen LogP contribution in [0.5, 0.6) is 0 Å². The van der Waals surface area contributed by atoms with Crippen LogP contribution in [0.1, 0.15) is 15.9 Å². The molecule has 0 aliphatic heterocycles. The Morgan fingerprint density at radius 3 is 2.89 bits per heavy atom. The molecule has 0 radical (unpaired) electrons. The highest BCUT2D eigenvalue weighted by molar-refractivity contribution is 9.11. The summed E-state index contributed by atoms with van der Waals surface area (Å²) in [6.07, 6.45) is 2.34. The number of carbonyl (C=O) groups excluding carboxylic acids is 1. The molecule has 94 valence electrons. The molecular formula is C12H12BrN3OS. The fourth-order valence-electron chi connectivity index (χ4n) is 1.59. The third-order valence-electron chi connectivity index (χ3n) is 2.37. The van der Waals surface area contributed by atoms with Gasteiger partial charge >= 0.3 is 0 Å². The predicted molar refractivity (Wildman–Crippen MR) is 77.0 cm³/mol. The summed E-state index contributed by atoms with van der Waals surface area (Å²) in [7, 11) is 0. The Bertz CT molecular complexity index is 556. The Kier molecular flexibility index (Phi) is 4.46. The van der Waals surface area contributed by atoms with Gasteiger partial charge in [0.25, 0.3) is 5.91 Å². The maximum atomic E-state index is 12.1. The number of aromatic nitrogens is 1. The molecule has 1 heterocycles. The van der Waals surface area contributed by atoms with Gasteiger partial charge in [0.15, 0.2) is 5.13 Å². The lowest BCUT2D eigenvalue weighted by Gasteiger charge is -2.07. The summed E-state index contributed by atoms with van der Waals surface area (Å²) in [5.41, 5.74) is 7.14. The number of rotatable bonds is 4. The Labute approximate surface area is 117 Å². The van der Waals surface area contributed by atoms with Crippen molar-refractivity contribution in [2.24, 2.45) is 5.73 Å². The monoisotopic (exact) mass is 325 g/mol. The maximum absolute atomic E-state index is 12.1. The highest BCUT2D eigenvalue weighted by Gasteiger charge is 2.12. The van der Waals surface area contributed by atoms with Crippen LogP contribution < -0.4 is 11.1 Å². The number of anilines is 1. The largest absolute Gasteiger partial charge is 0.330 e. The van der Waals surface area contributed by atoms with Gasteiger partial charge < -0.3 is 5.73 Å². The standard InChI is InChI=1S/C12H12BrN3OS/c13-10-7-15-12(18-10)16-11(17)9-4-2-1-3-8(9)5-6-14/h1-4,7H,5-6,14H2,(H,15,16,17). The molecule has 2 aromatic rings. The molecule has 0 atom stereocenters. The van der Waals surface area contributed by atoms with Gasteiger partial charge in [-0.15, -0.1) is 0 Å². The van der Waals surface area contributed by atoms with Crippen molar-refractivity contribution >= 4 is 38.3 Å². The lowest BCUT2D eigenvalue weighted by atomic mass is 10.0. The van der Waals surface area contributed by atoms with Crippen molar-refractivity contribution < 1.29 is 4.79 Å². The van der Waals surface area contributed by atoms with Gasteiger partial charge in [-0.25, -0.2) is 4.98 Å². The van der Waals surface area contributed by atoms with E-state index in [2.05, 4.69) is 26.2 Å². The summed E-state index contributed by atoms with van der Waals surface area (Å²) in [5.74, 6) is -0.152. The first-order valence-corrected chi connectivity index (χ1v) is 7.02. The van der Waals surface area contributed by atoms with Crippen LogP contribution >= 0.6 is 27.3 Å². The summed E-state index contributed by atoms with van der Waals surface area (Å²) >= 11 is 4.68. The second-order valence-electron chi connectivity index (χ2n) is 3.62. The summed E-state index contributed by atoms with van der Waals surface area (Å²) in [5, 5.41) is 3.35. The van der Waals surface area contributed by atoms with Gasteiger partial charge in [0.05, 0.1) is 9.98 Å². The molecule has 1 aromatic heterocycles. The van der Waals surface area contributed by atoms with E-state index >= 15 is 0 Å². The molecular weight excluding hydrogens is 314 g/mol. The average Bonchev–Trinajstić information content (AvgIpc) is 2.76. The molecule has 0 saturated heterocycles. The molecule has 0 saturated carbocycles.